The molecule has 0 aliphatic heterocycles. The third-order valence-electron chi connectivity index (χ3n) is 3.46. The first-order chi connectivity index (χ1) is 10.1. The lowest BCUT2D eigenvalue weighted by molar-refractivity contribution is 0.549. The SMILES string of the molecule is CCc1c(CNCC(C)C)cnn1Cc1cccc(Br)c1. The van der Waals surface area contributed by atoms with Crippen LogP contribution in [0.25, 0.3) is 0 Å². The summed E-state index contributed by atoms with van der Waals surface area (Å²) in [6, 6.07) is 8.41. The van der Waals surface area contributed by atoms with Gasteiger partial charge in [-0.05, 0) is 36.6 Å². The van der Waals surface area contributed by atoms with E-state index in [9.17, 15) is 0 Å². The molecular weight excluding hydrogens is 326 g/mol. The van der Waals surface area contributed by atoms with Crippen molar-refractivity contribution < 1.29 is 0 Å². The lowest BCUT2D eigenvalue weighted by Crippen LogP contribution is -2.19. The fourth-order valence-corrected chi connectivity index (χ4v) is 2.89. The Kier molecular flexibility index (Phi) is 6.00. The Hall–Kier alpha value is -1.13. The maximum absolute atomic E-state index is 4.57. The van der Waals surface area contributed by atoms with Gasteiger partial charge in [0, 0.05) is 22.3 Å². The summed E-state index contributed by atoms with van der Waals surface area (Å²) in [4.78, 5) is 0. The monoisotopic (exact) mass is 349 g/mol. The number of aromatic nitrogens is 2. The molecule has 0 saturated carbocycles. The average Bonchev–Trinajstić information content (AvgIpc) is 2.80. The molecule has 0 radical (unpaired) electrons. The summed E-state index contributed by atoms with van der Waals surface area (Å²) in [6.45, 7) is 9.42. The lowest BCUT2D eigenvalue weighted by Gasteiger charge is -2.10. The molecular formula is C17H24BrN3. The van der Waals surface area contributed by atoms with Crippen molar-refractivity contribution in [2.75, 3.05) is 6.54 Å². The second kappa shape index (κ2) is 7.76. The van der Waals surface area contributed by atoms with Crippen LogP contribution in [0.3, 0.4) is 0 Å². The van der Waals surface area contributed by atoms with Crippen LogP contribution in [0.2, 0.25) is 0 Å². The molecule has 0 bridgehead atoms. The highest BCUT2D eigenvalue weighted by Crippen LogP contribution is 2.15. The minimum absolute atomic E-state index is 0.673. The Labute approximate surface area is 135 Å². The highest BCUT2D eigenvalue weighted by molar-refractivity contribution is 9.10. The largest absolute Gasteiger partial charge is 0.312 e. The van der Waals surface area contributed by atoms with Gasteiger partial charge in [-0.1, -0.05) is 48.8 Å². The van der Waals surface area contributed by atoms with Crippen LogP contribution in [0.5, 0.6) is 0 Å². The predicted octanol–water partition coefficient (Wildman–Crippen LogP) is 4.00. The van der Waals surface area contributed by atoms with E-state index in [0.29, 0.717) is 5.92 Å². The van der Waals surface area contributed by atoms with Gasteiger partial charge in [-0.25, -0.2) is 0 Å². The standard InChI is InChI=1S/C17H24BrN3/c1-4-17-15(10-19-9-13(2)3)11-20-21(17)12-14-6-5-7-16(18)8-14/h5-8,11,13,19H,4,9-10,12H2,1-3H3. The summed E-state index contributed by atoms with van der Waals surface area (Å²) >= 11 is 3.52. The Bertz CT molecular complexity index is 575. The van der Waals surface area contributed by atoms with Crippen molar-refractivity contribution in [2.24, 2.45) is 5.92 Å². The highest BCUT2D eigenvalue weighted by Gasteiger charge is 2.09. The Balaban J connectivity index is 2.08. The zero-order valence-electron chi connectivity index (χ0n) is 13.1. The summed E-state index contributed by atoms with van der Waals surface area (Å²) in [7, 11) is 0. The summed E-state index contributed by atoms with van der Waals surface area (Å²) in [5.41, 5.74) is 3.91. The van der Waals surface area contributed by atoms with Gasteiger partial charge in [0.2, 0.25) is 0 Å². The Morgan fingerprint density at radius 3 is 2.81 bits per heavy atom. The van der Waals surface area contributed by atoms with Crippen LogP contribution < -0.4 is 5.32 Å². The molecule has 0 amide bonds. The molecule has 3 nitrogen and oxygen atoms in total. The van der Waals surface area contributed by atoms with Crippen LogP contribution in [-0.4, -0.2) is 16.3 Å². The van der Waals surface area contributed by atoms with E-state index in [2.05, 4.69) is 76.1 Å². The molecule has 1 aromatic heterocycles. The van der Waals surface area contributed by atoms with E-state index in [-0.39, 0.29) is 0 Å². The molecule has 1 N–H and O–H groups in total. The molecule has 4 heteroatoms. The quantitative estimate of drug-likeness (QED) is 0.818. The average molecular weight is 350 g/mol. The molecule has 0 aliphatic rings. The molecule has 0 unspecified atom stereocenters. The van der Waals surface area contributed by atoms with Crippen LogP contribution in [0, 0.1) is 5.92 Å². The van der Waals surface area contributed by atoms with Gasteiger partial charge < -0.3 is 5.32 Å². The second-order valence-corrected chi connectivity index (χ2v) is 6.70. The molecule has 0 saturated heterocycles. The number of rotatable bonds is 7. The molecule has 1 aromatic carbocycles. The van der Waals surface area contributed by atoms with E-state index >= 15 is 0 Å². The fourth-order valence-electron chi connectivity index (χ4n) is 2.45. The maximum Gasteiger partial charge on any atom is 0.0663 e. The van der Waals surface area contributed by atoms with Crippen LogP contribution in [-0.2, 0) is 19.5 Å². The maximum atomic E-state index is 4.57. The fraction of sp³-hybridized carbons (Fsp3) is 0.471. The predicted molar refractivity (Wildman–Crippen MR) is 91.4 cm³/mol. The first-order valence-electron chi connectivity index (χ1n) is 7.58. The number of hydrogen-bond donors (Lipinski definition) is 1. The third kappa shape index (κ3) is 4.68. The van der Waals surface area contributed by atoms with Gasteiger partial charge in [0.15, 0.2) is 0 Å². The topological polar surface area (TPSA) is 29.9 Å². The van der Waals surface area contributed by atoms with E-state index in [1.54, 1.807) is 0 Å². The molecule has 1 heterocycles. The van der Waals surface area contributed by atoms with Crippen LogP contribution in [0.1, 0.15) is 37.6 Å². The molecule has 0 aliphatic carbocycles. The number of hydrogen-bond acceptors (Lipinski definition) is 2. The summed E-state index contributed by atoms with van der Waals surface area (Å²) in [5, 5.41) is 8.07. The number of benzene rings is 1. The number of nitrogens with one attached hydrogen (secondary N) is 1. The lowest BCUT2D eigenvalue weighted by atomic mass is 10.1. The molecule has 21 heavy (non-hydrogen) atoms. The molecule has 2 aromatic rings. The zero-order valence-corrected chi connectivity index (χ0v) is 14.7. The van der Waals surface area contributed by atoms with Crippen LogP contribution in [0.4, 0.5) is 0 Å². The molecule has 2 rings (SSSR count). The molecule has 0 atom stereocenters. The van der Waals surface area contributed by atoms with Gasteiger partial charge in [-0.3, -0.25) is 4.68 Å². The first kappa shape index (κ1) is 16.2. The Morgan fingerprint density at radius 1 is 1.33 bits per heavy atom. The van der Waals surface area contributed by atoms with E-state index in [1.165, 1.54) is 16.8 Å². The van der Waals surface area contributed by atoms with E-state index in [1.807, 2.05) is 6.20 Å². The van der Waals surface area contributed by atoms with E-state index in [0.717, 1.165) is 30.5 Å². The van der Waals surface area contributed by atoms with Crippen LogP contribution in [0.15, 0.2) is 34.9 Å². The number of halogens is 1. The highest BCUT2D eigenvalue weighted by atomic mass is 79.9. The summed E-state index contributed by atoms with van der Waals surface area (Å²) in [5.74, 6) is 0.673. The van der Waals surface area contributed by atoms with E-state index in [4.69, 9.17) is 0 Å². The molecule has 0 fully saturated rings. The van der Waals surface area contributed by atoms with Crippen molar-refractivity contribution in [1.29, 1.82) is 0 Å². The van der Waals surface area contributed by atoms with Crippen molar-refractivity contribution in [2.45, 2.75) is 40.3 Å². The van der Waals surface area contributed by atoms with Crippen molar-refractivity contribution >= 4 is 15.9 Å². The van der Waals surface area contributed by atoms with Gasteiger partial charge in [0.05, 0.1) is 12.7 Å². The normalized spacial score (nSPS) is 11.3. The van der Waals surface area contributed by atoms with Crippen molar-refractivity contribution in [3.8, 4) is 0 Å². The minimum atomic E-state index is 0.673. The smallest absolute Gasteiger partial charge is 0.0663 e. The Morgan fingerprint density at radius 2 is 2.14 bits per heavy atom. The van der Waals surface area contributed by atoms with Gasteiger partial charge >= 0.3 is 0 Å². The van der Waals surface area contributed by atoms with Crippen molar-refractivity contribution in [3.05, 3.63) is 51.8 Å². The van der Waals surface area contributed by atoms with Crippen molar-refractivity contribution in [3.63, 3.8) is 0 Å². The molecule has 114 valence electrons. The van der Waals surface area contributed by atoms with E-state index < -0.39 is 0 Å². The van der Waals surface area contributed by atoms with Gasteiger partial charge in [0.1, 0.15) is 0 Å². The zero-order chi connectivity index (χ0) is 15.2. The summed E-state index contributed by atoms with van der Waals surface area (Å²) in [6.07, 6.45) is 3.01. The minimum Gasteiger partial charge on any atom is -0.312 e. The van der Waals surface area contributed by atoms with Gasteiger partial charge in [0.25, 0.3) is 0 Å². The van der Waals surface area contributed by atoms with Gasteiger partial charge in [-0.2, -0.15) is 5.10 Å². The first-order valence-corrected chi connectivity index (χ1v) is 8.38. The molecule has 0 spiro atoms. The van der Waals surface area contributed by atoms with Crippen LogP contribution >= 0.6 is 15.9 Å². The number of nitrogens with zero attached hydrogens (tertiary/aromatic N) is 2. The summed E-state index contributed by atoms with van der Waals surface area (Å²) < 4.78 is 3.23. The van der Waals surface area contributed by atoms with Gasteiger partial charge in [-0.15, -0.1) is 0 Å². The third-order valence-corrected chi connectivity index (χ3v) is 3.95. The second-order valence-electron chi connectivity index (χ2n) is 5.78. The van der Waals surface area contributed by atoms with Crippen molar-refractivity contribution in [1.82, 2.24) is 15.1 Å².